The van der Waals surface area contributed by atoms with Crippen LogP contribution in [0.1, 0.15) is 34.6 Å². The van der Waals surface area contributed by atoms with Crippen LogP contribution in [-0.2, 0) is 4.74 Å². The summed E-state index contributed by atoms with van der Waals surface area (Å²) in [6.07, 6.45) is 0. The quantitative estimate of drug-likeness (QED) is 0.829. The number of esters is 1. The summed E-state index contributed by atoms with van der Waals surface area (Å²) in [7, 11) is 0. The van der Waals surface area contributed by atoms with Gasteiger partial charge >= 0.3 is 5.97 Å². The molecule has 0 atom stereocenters. The number of carbonyl (C=O) groups excluding carboxylic acids is 2. The zero-order valence-electron chi connectivity index (χ0n) is 13.2. The molecule has 0 radical (unpaired) electrons. The van der Waals surface area contributed by atoms with Crippen LogP contribution >= 0.6 is 0 Å². The van der Waals surface area contributed by atoms with Gasteiger partial charge in [0.05, 0.1) is 30.0 Å². The fourth-order valence-corrected chi connectivity index (χ4v) is 2.10. The topological polar surface area (TPSA) is 64.6 Å². The van der Waals surface area contributed by atoms with E-state index in [1.165, 1.54) is 0 Å². The highest BCUT2D eigenvalue weighted by Gasteiger charge is 2.17. The molecule has 1 amide bonds. The predicted octanol–water partition coefficient (Wildman–Crippen LogP) is 3.51. The van der Waals surface area contributed by atoms with E-state index in [0.29, 0.717) is 29.2 Å². The Morgan fingerprint density at radius 2 is 1.57 bits per heavy atom. The number of anilines is 1. The average molecular weight is 313 g/mol. The Bertz CT molecular complexity index is 697. The van der Waals surface area contributed by atoms with E-state index in [1.807, 2.05) is 6.92 Å². The van der Waals surface area contributed by atoms with Gasteiger partial charge in [-0.15, -0.1) is 0 Å². The first-order chi connectivity index (χ1) is 11.2. The van der Waals surface area contributed by atoms with E-state index >= 15 is 0 Å². The zero-order valence-corrected chi connectivity index (χ0v) is 13.2. The second kappa shape index (κ2) is 7.98. The van der Waals surface area contributed by atoms with Crippen LogP contribution in [0.5, 0.6) is 5.75 Å². The summed E-state index contributed by atoms with van der Waals surface area (Å²) in [4.78, 5) is 24.5. The minimum atomic E-state index is -0.471. The van der Waals surface area contributed by atoms with Gasteiger partial charge in [0.2, 0.25) is 0 Å². The smallest absolute Gasteiger partial charge is 0.340 e. The molecule has 0 bridgehead atoms. The van der Waals surface area contributed by atoms with Gasteiger partial charge < -0.3 is 14.8 Å². The maximum absolute atomic E-state index is 12.5. The van der Waals surface area contributed by atoms with Gasteiger partial charge in [0, 0.05) is 0 Å². The SMILES string of the molecule is CCOC(=O)c1ccccc1NC(=O)c1ccccc1OCC. The van der Waals surface area contributed by atoms with Crippen LogP contribution in [0.2, 0.25) is 0 Å². The number of hydrogen-bond acceptors (Lipinski definition) is 4. The monoisotopic (exact) mass is 313 g/mol. The molecular weight excluding hydrogens is 294 g/mol. The third-order valence-corrected chi connectivity index (χ3v) is 3.10. The van der Waals surface area contributed by atoms with Crippen molar-refractivity contribution in [3.63, 3.8) is 0 Å². The summed E-state index contributed by atoms with van der Waals surface area (Å²) in [6, 6.07) is 13.7. The molecule has 0 aliphatic rings. The summed E-state index contributed by atoms with van der Waals surface area (Å²) in [5.74, 6) is -0.312. The van der Waals surface area contributed by atoms with Gasteiger partial charge in [0.25, 0.3) is 5.91 Å². The number of para-hydroxylation sites is 2. The molecule has 2 rings (SSSR count). The molecule has 2 aromatic carbocycles. The lowest BCUT2D eigenvalue weighted by molar-refractivity contribution is 0.0527. The molecule has 0 aliphatic heterocycles. The average Bonchev–Trinajstić information content (AvgIpc) is 2.56. The number of hydrogen-bond donors (Lipinski definition) is 1. The Morgan fingerprint density at radius 1 is 0.913 bits per heavy atom. The molecule has 0 heterocycles. The van der Waals surface area contributed by atoms with E-state index in [4.69, 9.17) is 9.47 Å². The van der Waals surface area contributed by atoms with Crippen LogP contribution < -0.4 is 10.1 Å². The Balaban J connectivity index is 2.26. The molecule has 2 aromatic rings. The summed E-state index contributed by atoms with van der Waals surface area (Å²) < 4.78 is 10.5. The lowest BCUT2D eigenvalue weighted by Gasteiger charge is -2.12. The lowest BCUT2D eigenvalue weighted by Crippen LogP contribution is -2.16. The highest BCUT2D eigenvalue weighted by molar-refractivity contribution is 6.09. The van der Waals surface area contributed by atoms with Crippen molar-refractivity contribution in [2.24, 2.45) is 0 Å². The Labute approximate surface area is 135 Å². The molecule has 1 N–H and O–H groups in total. The van der Waals surface area contributed by atoms with Gasteiger partial charge in [-0.3, -0.25) is 4.79 Å². The fourth-order valence-electron chi connectivity index (χ4n) is 2.10. The van der Waals surface area contributed by atoms with E-state index in [1.54, 1.807) is 55.5 Å². The molecule has 0 saturated carbocycles. The predicted molar refractivity (Wildman–Crippen MR) is 88.0 cm³/mol. The number of amides is 1. The Morgan fingerprint density at radius 3 is 2.26 bits per heavy atom. The molecule has 0 unspecified atom stereocenters. The fraction of sp³-hybridized carbons (Fsp3) is 0.222. The maximum Gasteiger partial charge on any atom is 0.340 e. The van der Waals surface area contributed by atoms with Gasteiger partial charge in [-0.2, -0.15) is 0 Å². The number of benzene rings is 2. The molecule has 0 aliphatic carbocycles. The summed E-state index contributed by atoms with van der Waals surface area (Å²) in [5.41, 5.74) is 1.13. The maximum atomic E-state index is 12.5. The van der Waals surface area contributed by atoms with Gasteiger partial charge in [-0.1, -0.05) is 24.3 Å². The molecule has 0 spiro atoms. The van der Waals surface area contributed by atoms with Crippen molar-refractivity contribution in [3.8, 4) is 5.75 Å². The van der Waals surface area contributed by atoms with Crippen molar-refractivity contribution < 1.29 is 19.1 Å². The summed E-state index contributed by atoms with van der Waals surface area (Å²) >= 11 is 0. The van der Waals surface area contributed by atoms with Crippen molar-refractivity contribution in [2.75, 3.05) is 18.5 Å². The van der Waals surface area contributed by atoms with Gasteiger partial charge in [0.1, 0.15) is 5.75 Å². The van der Waals surface area contributed by atoms with E-state index in [-0.39, 0.29) is 12.5 Å². The molecule has 0 saturated heterocycles. The Kier molecular flexibility index (Phi) is 5.74. The van der Waals surface area contributed by atoms with Gasteiger partial charge in [-0.25, -0.2) is 4.79 Å². The number of carbonyl (C=O) groups is 2. The van der Waals surface area contributed by atoms with Crippen LogP contribution in [0.3, 0.4) is 0 Å². The van der Waals surface area contributed by atoms with E-state index < -0.39 is 5.97 Å². The molecule has 5 heteroatoms. The van der Waals surface area contributed by atoms with Crippen LogP contribution in [-0.4, -0.2) is 25.1 Å². The molecule has 23 heavy (non-hydrogen) atoms. The van der Waals surface area contributed by atoms with Crippen molar-refractivity contribution in [1.29, 1.82) is 0 Å². The van der Waals surface area contributed by atoms with Crippen LogP contribution in [0.25, 0.3) is 0 Å². The van der Waals surface area contributed by atoms with E-state index in [9.17, 15) is 9.59 Å². The molecule has 0 aromatic heterocycles. The standard InChI is InChI=1S/C18H19NO4/c1-3-22-16-12-8-6-10-14(16)17(20)19-15-11-7-5-9-13(15)18(21)23-4-2/h5-12H,3-4H2,1-2H3,(H,19,20). The second-order valence-corrected chi connectivity index (χ2v) is 4.65. The first-order valence-electron chi connectivity index (χ1n) is 7.46. The van der Waals surface area contributed by atoms with Crippen molar-refractivity contribution in [3.05, 3.63) is 59.7 Å². The molecule has 5 nitrogen and oxygen atoms in total. The number of nitrogens with one attached hydrogen (secondary N) is 1. The molecular formula is C18H19NO4. The minimum Gasteiger partial charge on any atom is -0.493 e. The van der Waals surface area contributed by atoms with E-state index in [0.717, 1.165) is 0 Å². The summed E-state index contributed by atoms with van der Waals surface area (Å²) in [5, 5.41) is 2.75. The lowest BCUT2D eigenvalue weighted by atomic mass is 10.1. The first kappa shape index (κ1) is 16.5. The highest BCUT2D eigenvalue weighted by atomic mass is 16.5. The van der Waals surface area contributed by atoms with Crippen molar-refractivity contribution in [1.82, 2.24) is 0 Å². The first-order valence-corrected chi connectivity index (χ1v) is 7.46. The zero-order chi connectivity index (χ0) is 16.7. The van der Waals surface area contributed by atoms with Crippen molar-refractivity contribution in [2.45, 2.75) is 13.8 Å². The second-order valence-electron chi connectivity index (χ2n) is 4.65. The highest BCUT2D eigenvalue weighted by Crippen LogP contribution is 2.22. The number of ether oxygens (including phenoxy) is 2. The molecule has 0 fully saturated rings. The normalized spacial score (nSPS) is 10.0. The third-order valence-electron chi connectivity index (χ3n) is 3.10. The number of rotatable bonds is 6. The summed E-state index contributed by atoms with van der Waals surface area (Å²) in [6.45, 7) is 4.32. The van der Waals surface area contributed by atoms with Gasteiger partial charge in [0.15, 0.2) is 0 Å². The van der Waals surface area contributed by atoms with Crippen LogP contribution in [0.4, 0.5) is 5.69 Å². The molecule has 120 valence electrons. The van der Waals surface area contributed by atoms with Crippen LogP contribution in [0, 0.1) is 0 Å². The van der Waals surface area contributed by atoms with Crippen molar-refractivity contribution >= 4 is 17.6 Å². The third kappa shape index (κ3) is 4.10. The largest absolute Gasteiger partial charge is 0.493 e. The Hall–Kier alpha value is -2.82. The van der Waals surface area contributed by atoms with E-state index in [2.05, 4.69) is 5.32 Å². The van der Waals surface area contributed by atoms with Crippen LogP contribution in [0.15, 0.2) is 48.5 Å². The van der Waals surface area contributed by atoms with Gasteiger partial charge in [-0.05, 0) is 38.1 Å². The minimum absolute atomic E-state index is 0.272.